The summed E-state index contributed by atoms with van der Waals surface area (Å²) in [5.41, 5.74) is 1.34. The quantitative estimate of drug-likeness (QED) is 0.469. The van der Waals surface area contributed by atoms with Gasteiger partial charge in [-0.1, -0.05) is 41.4 Å². The van der Waals surface area contributed by atoms with Gasteiger partial charge in [0.05, 0.1) is 6.54 Å². The van der Waals surface area contributed by atoms with Crippen LogP contribution in [0.15, 0.2) is 45.6 Å². The van der Waals surface area contributed by atoms with E-state index in [1.54, 1.807) is 19.1 Å². The van der Waals surface area contributed by atoms with Crippen molar-refractivity contribution in [2.45, 2.75) is 32.9 Å². The monoisotopic (exact) mass is 444 g/mol. The number of amides is 3. The van der Waals surface area contributed by atoms with Crippen molar-refractivity contribution < 1.29 is 14.0 Å². The molecule has 1 fully saturated rings. The zero-order chi connectivity index (χ0) is 21.8. The number of hydrogen-bond acceptors (Lipinski definition) is 4. The number of imide groups is 1. The summed E-state index contributed by atoms with van der Waals surface area (Å²) >= 11 is 12.2. The Kier molecular flexibility index (Phi) is 4.87. The molecule has 0 spiro atoms. The van der Waals surface area contributed by atoms with Crippen molar-refractivity contribution >= 4 is 46.1 Å². The highest BCUT2D eigenvalue weighted by atomic mass is 35.5. The second-order valence-electron chi connectivity index (χ2n) is 7.55. The molecule has 3 aromatic rings. The minimum absolute atomic E-state index is 0.0733. The van der Waals surface area contributed by atoms with Crippen LogP contribution in [-0.2, 0) is 16.9 Å². The summed E-state index contributed by atoms with van der Waals surface area (Å²) in [6.45, 7) is 5.29. The fraction of sp³-hybridized carbons (Fsp3) is 0.227. The number of carbonyl (C=O) groups excluding carboxylic acids is 2. The van der Waals surface area contributed by atoms with Gasteiger partial charge in [0.2, 0.25) is 0 Å². The van der Waals surface area contributed by atoms with E-state index in [-0.39, 0.29) is 11.6 Å². The topological polar surface area (TPSA) is 79.6 Å². The molecule has 154 valence electrons. The highest BCUT2D eigenvalue weighted by Gasteiger charge is 2.50. The van der Waals surface area contributed by atoms with Crippen LogP contribution in [-0.4, -0.2) is 16.8 Å². The van der Waals surface area contributed by atoms with E-state index < -0.39 is 23.1 Å². The van der Waals surface area contributed by atoms with E-state index in [1.807, 2.05) is 26.0 Å². The Morgan fingerprint density at radius 2 is 1.80 bits per heavy atom. The van der Waals surface area contributed by atoms with Gasteiger partial charge >= 0.3 is 11.7 Å². The third-order valence-corrected chi connectivity index (χ3v) is 6.14. The van der Waals surface area contributed by atoms with E-state index in [0.717, 1.165) is 16.0 Å². The second kappa shape index (κ2) is 7.15. The normalized spacial score (nSPS) is 18.9. The first-order valence-electron chi connectivity index (χ1n) is 9.24. The zero-order valence-electron chi connectivity index (χ0n) is 16.5. The average Bonchev–Trinajstić information content (AvgIpc) is 2.88. The first-order valence-corrected chi connectivity index (χ1v) is 10.00. The molecule has 4 rings (SSSR count). The maximum absolute atomic E-state index is 13.3. The number of benzene rings is 2. The lowest BCUT2D eigenvalue weighted by Crippen LogP contribution is -2.41. The van der Waals surface area contributed by atoms with Gasteiger partial charge in [0.25, 0.3) is 5.91 Å². The van der Waals surface area contributed by atoms with Crippen LogP contribution in [0.25, 0.3) is 11.0 Å². The van der Waals surface area contributed by atoms with Crippen molar-refractivity contribution in [3.8, 4) is 0 Å². The molecule has 1 aliphatic heterocycles. The molecule has 1 atom stereocenters. The molecule has 8 heteroatoms. The van der Waals surface area contributed by atoms with E-state index in [1.165, 1.54) is 12.1 Å². The fourth-order valence-electron chi connectivity index (χ4n) is 3.74. The number of hydrogen-bond donors (Lipinski definition) is 1. The Morgan fingerprint density at radius 1 is 1.07 bits per heavy atom. The van der Waals surface area contributed by atoms with Gasteiger partial charge in [0.1, 0.15) is 11.1 Å². The van der Waals surface area contributed by atoms with E-state index in [4.69, 9.17) is 27.6 Å². The van der Waals surface area contributed by atoms with E-state index in [0.29, 0.717) is 27.1 Å². The maximum atomic E-state index is 13.3. The predicted molar refractivity (Wildman–Crippen MR) is 115 cm³/mol. The molecular weight excluding hydrogens is 427 g/mol. The van der Waals surface area contributed by atoms with E-state index in [2.05, 4.69) is 5.32 Å². The highest BCUT2D eigenvalue weighted by Crippen LogP contribution is 2.36. The summed E-state index contributed by atoms with van der Waals surface area (Å²) in [6, 6.07) is 9.21. The molecule has 6 nitrogen and oxygen atoms in total. The number of carbonyl (C=O) groups is 2. The summed E-state index contributed by atoms with van der Waals surface area (Å²) in [6.07, 6.45) is 0. The highest BCUT2D eigenvalue weighted by molar-refractivity contribution is 6.35. The smallest absolute Gasteiger partial charge is 0.336 e. The zero-order valence-corrected chi connectivity index (χ0v) is 18.0. The fourth-order valence-corrected chi connectivity index (χ4v) is 4.34. The number of aryl methyl sites for hydroxylation is 2. The molecule has 30 heavy (non-hydrogen) atoms. The lowest BCUT2D eigenvalue weighted by Gasteiger charge is -2.23. The Balaban J connectivity index is 1.76. The average molecular weight is 445 g/mol. The maximum Gasteiger partial charge on any atom is 0.336 e. The summed E-state index contributed by atoms with van der Waals surface area (Å²) in [7, 11) is 0. The van der Waals surface area contributed by atoms with Crippen molar-refractivity contribution in [1.82, 2.24) is 10.2 Å². The summed E-state index contributed by atoms with van der Waals surface area (Å²) < 4.78 is 5.38. The van der Waals surface area contributed by atoms with Crippen molar-refractivity contribution in [3.63, 3.8) is 0 Å². The summed E-state index contributed by atoms with van der Waals surface area (Å²) in [4.78, 5) is 39.2. The third kappa shape index (κ3) is 3.16. The van der Waals surface area contributed by atoms with Gasteiger partial charge in [0.15, 0.2) is 0 Å². The largest absolute Gasteiger partial charge is 0.422 e. The van der Waals surface area contributed by atoms with Crippen molar-refractivity contribution in [2.24, 2.45) is 0 Å². The van der Waals surface area contributed by atoms with Crippen LogP contribution in [0.5, 0.6) is 0 Å². The Morgan fingerprint density at radius 3 is 2.50 bits per heavy atom. The summed E-state index contributed by atoms with van der Waals surface area (Å²) in [5.74, 6) is -0.470. The van der Waals surface area contributed by atoms with Crippen LogP contribution in [0.3, 0.4) is 0 Å². The first-order chi connectivity index (χ1) is 14.1. The molecule has 0 bridgehead atoms. The van der Waals surface area contributed by atoms with Gasteiger partial charge < -0.3 is 9.73 Å². The molecule has 3 amide bonds. The van der Waals surface area contributed by atoms with Gasteiger partial charge in [-0.2, -0.15) is 0 Å². The molecule has 1 saturated heterocycles. The molecule has 1 aromatic heterocycles. The SMILES string of the molecule is Cc1ccc2c(CN3C(=O)N[C@@](C)(c4ccc(Cl)cc4Cl)C3=O)cc(=O)oc2c1C. The molecule has 2 aromatic carbocycles. The molecule has 1 N–H and O–H groups in total. The molecule has 0 aliphatic carbocycles. The number of halogens is 2. The Bertz CT molecular complexity index is 1280. The van der Waals surface area contributed by atoms with Crippen LogP contribution in [0.4, 0.5) is 4.79 Å². The number of rotatable bonds is 3. The van der Waals surface area contributed by atoms with Crippen LogP contribution < -0.4 is 10.9 Å². The van der Waals surface area contributed by atoms with Gasteiger partial charge in [-0.15, -0.1) is 0 Å². The third-order valence-electron chi connectivity index (χ3n) is 5.59. The molecule has 0 unspecified atom stereocenters. The Labute approximate surface area is 182 Å². The number of fused-ring (bicyclic) bond motifs is 1. The van der Waals surface area contributed by atoms with E-state index >= 15 is 0 Å². The lowest BCUT2D eigenvalue weighted by atomic mass is 9.92. The molecule has 0 radical (unpaired) electrons. The molecular formula is C22H18Cl2N2O4. The number of nitrogens with one attached hydrogen (secondary N) is 1. The minimum atomic E-state index is -1.35. The molecule has 2 heterocycles. The molecule has 1 aliphatic rings. The van der Waals surface area contributed by atoms with Crippen molar-refractivity contribution in [2.75, 3.05) is 0 Å². The second-order valence-corrected chi connectivity index (χ2v) is 8.39. The van der Waals surface area contributed by atoms with Crippen LogP contribution in [0.1, 0.15) is 29.2 Å². The van der Waals surface area contributed by atoms with Crippen LogP contribution in [0.2, 0.25) is 10.0 Å². The summed E-state index contributed by atoms with van der Waals surface area (Å²) in [5, 5.41) is 4.10. The van der Waals surface area contributed by atoms with Gasteiger partial charge in [0, 0.05) is 27.1 Å². The van der Waals surface area contributed by atoms with Gasteiger partial charge in [-0.3, -0.25) is 9.69 Å². The lowest BCUT2D eigenvalue weighted by molar-refractivity contribution is -0.131. The minimum Gasteiger partial charge on any atom is -0.422 e. The van der Waals surface area contributed by atoms with Crippen LogP contribution in [0, 0.1) is 13.8 Å². The Hall–Kier alpha value is -2.83. The van der Waals surface area contributed by atoms with Gasteiger partial charge in [-0.25, -0.2) is 9.59 Å². The van der Waals surface area contributed by atoms with Crippen molar-refractivity contribution in [1.29, 1.82) is 0 Å². The van der Waals surface area contributed by atoms with Crippen LogP contribution >= 0.6 is 23.2 Å². The standard InChI is InChI=1S/C22H18Cl2N2O4/c1-11-4-6-15-13(8-18(27)30-19(15)12(11)2)10-26-20(28)22(3,25-21(26)29)16-7-5-14(23)9-17(16)24/h4-9H,10H2,1-3H3,(H,25,29)/t22-/m0/s1. The van der Waals surface area contributed by atoms with E-state index in [9.17, 15) is 14.4 Å². The van der Waals surface area contributed by atoms with Crippen molar-refractivity contribution in [3.05, 3.63) is 79.1 Å². The van der Waals surface area contributed by atoms with Gasteiger partial charge in [-0.05, 0) is 49.6 Å². The molecule has 0 saturated carbocycles. The number of nitrogens with zero attached hydrogens (tertiary/aromatic N) is 1. The predicted octanol–water partition coefficient (Wildman–Crippen LogP) is 4.68. The number of urea groups is 1. The first kappa shape index (κ1) is 20.4.